The van der Waals surface area contributed by atoms with Crippen LogP contribution in [0, 0.1) is 11.3 Å². The largest absolute Gasteiger partial charge is 0.363 e. The number of thiophene rings is 1. The van der Waals surface area contributed by atoms with E-state index in [1.165, 1.54) is 23.3 Å². The summed E-state index contributed by atoms with van der Waals surface area (Å²) >= 11 is 1.83. The van der Waals surface area contributed by atoms with E-state index in [0.717, 1.165) is 12.2 Å². The first kappa shape index (κ1) is 11.2. The molecule has 1 aliphatic rings. The molecule has 90 valence electrons. The van der Waals surface area contributed by atoms with Crippen LogP contribution in [-0.4, -0.2) is 4.98 Å². The summed E-state index contributed by atoms with van der Waals surface area (Å²) in [5.74, 6) is 0.790. The molecule has 1 unspecified atom stereocenters. The van der Waals surface area contributed by atoms with Crippen LogP contribution in [0.15, 0.2) is 29.8 Å². The molecular weight excluding hydrogens is 242 g/mol. The number of hydrogen-bond acceptors (Lipinski definition) is 4. The van der Waals surface area contributed by atoms with Gasteiger partial charge in [0.25, 0.3) is 0 Å². The monoisotopic (exact) mass is 255 g/mol. The van der Waals surface area contributed by atoms with Crippen LogP contribution in [0.2, 0.25) is 0 Å². The van der Waals surface area contributed by atoms with Crippen LogP contribution >= 0.6 is 11.3 Å². The highest BCUT2D eigenvalue weighted by Crippen LogP contribution is 2.35. The van der Waals surface area contributed by atoms with E-state index in [4.69, 9.17) is 5.26 Å². The first-order valence-corrected chi connectivity index (χ1v) is 6.94. The van der Waals surface area contributed by atoms with Gasteiger partial charge in [-0.05, 0) is 48.4 Å². The number of pyridine rings is 1. The zero-order chi connectivity index (χ0) is 12.4. The number of fused-ring (bicyclic) bond motifs is 1. The lowest BCUT2D eigenvalue weighted by molar-refractivity contribution is 0.607. The number of nitrogens with zero attached hydrogens (tertiary/aromatic N) is 2. The average molecular weight is 255 g/mol. The van der Waals surface area contributed by atoms with Gasteiger partial charge in [0.1, 0.15) is 5.82 Å². The fourth-order valence-electron chi connectivity index (χ4n) is 2.39. The second kappa shape index (κ2) is 4.79. The van der Waals surface area contributed by atoms with Crippen LogP contribution in [0.4, 0.5) is 5.82 Å². The highest BCUT2D eigenvalue weighted by atomic mass is 32.1. The van der Waals surface area contributed by atoms with E-state index in [9.17, 15) is 0 Å². The summed E-state index contributed by atoms with van der Waals surface area (Å²) in [7, 11) is 0. The van der Waals surface area contributed by atoms with Gasteiger partial charge in [-0.15, -0.1) is 11.3 Å². The van der Waals surface area contributed by atoms with E-state index in [-0.39, 0.29) is 0 Å². The van der Waals surface area contributed by atoms with Crippen LogP contribution in [-0.2, 0) is 6.42 Å². The third-order valence-corrected chi connectivity index (χ3v) is 4.26. The van der Waals surface area contributed by atoms with E-state index in [0.29, 0.717) is 11.6 Å². The lowest BCUT2D eigenvalue weighted by Gasteiger charge is -2.24. The number of nitrogens with one attached hydrogen (secondary N) is 1. The first-order chi connectivity index (χ1) is 8.86. The van der Waals surface area contributed by atoms with Gasteiger partial charge < -0.3 is 5.32 Å². The van der Waals surface area contributed by atoms with Crippen molar-refractivity contribution in [1.29, 1.82) is 5.26 Å². The average Bonchev–Trinajstić information content (AvgIpc) is 2.88. The topological polar surface area (TPSA) is 48.7 Å². The Morgan fingerprint density at radius 2 is 2.39 bits per heavy atom. The van der Waals surface area contributed by atoms with E-state index in [2.05, 4.69) is 27.8 Å². The van der Waals surface area contributed by atoms with Crippen molar-refractivity contribution in [2.75, 3.05) is 5.32 Å². The van der Waals surface area contributed by atoms with Crippen LogP contribution in [0.1, 0.15) is 34.9 Å². The Morgan fingerprint density at radius 3 is 3.28 bits per heavy atom. The van der Waals surface area contributed by atoms with E-state index >= 15 is 0 Å². The summed E-state index contributed by atoms with van der Waals surface area (Å²) in [5.41, 5.74) is 2.05. The smallest absolute Gasteiger partial charge is 0.127 e. The number of hydrogen-bond donors (Lipinski definition) is 1. The minimum absolute atomic E-state index is 0.335. The van der Waals surface area contributed by atoms with Gasteiger partial charge in [0.15, 0.2) is 0 Å². The first-order valence-electron chi connectivity index (χ1n) is 6.06. The minimum atomic E-state index is 0.335. The summed E-state index contributed by atoms with van der Waals surface area (Å²) in [6, 6.07) is 8.21. The van der Waals surface area contributed by atoms with Crippen LogP contribution in [0.25, 0.3) is 0 Å². The molecule has 0 fully saturated rings. The van der Waals surface area contributed by atoms with Crippen molar-refractivity contribution in [2.45, 2.75) is 25.3 Å². The SMILES string of the molecule is N#Cc1ccnc(NC2CCCc3sccc32)c1. The predicted molar refractivity (Wildman–Crippen MR) is 72.6 cm³/mol. The number of rotatable bonds is 2. The predicted octanol–water partition coefficient (Wildman–Crippen LogP) is 3.50. The second-order valence-corrected chi connectivity index (χ2v) is 5.43. The maximum absolute atomic E-state index is 8.89. The van der Waals surface area contributed by atoms with E-state index < -0.39 is 0 Å². The van der Waals surface area contributed by atoms with Crippen molar-refractivity contribution in [1.82, 2.24) is 4.98 Å². The maximum atomic E-state index is 8.89. The molecular formula is C14H13N3S. The molecule has 0 spiro atoms. The van der Waals surface area contributed by atoms with Crippen molar-refractivity contribution < 1.29 is 0 Å². The molecule has 2 aromatic rings. The molecule has 0 bridgehead atoms. The van der Waals surface area contributed by atoms with Gasteiger partial charge in [0.2, 0.25) is 0 Å². The number of anilines is 1. The van der Waals surface area contributed by atoms with Crippen LogP contribution in [0.5, 0.6) is 0 Å². The Labute approximate surface area is 110 Å². The molecule has 3 nitrogen and oxygen atoms in total. The third-order valence-electron chi connectivity index (χ3n) is 3.26. The number of nitriles is 1. The summed E-state index contributed by atoms with van der Waals surface area (Å²) < 4.78 is 0. The standard InChI is InChI=1S/C14H13N3S/c15-9-10-4-6-16-14(8-10)17-12-2-1-3-13-11(12)5-7-18-13/h4-8,12H,1-3H2,(H,16,17). The fourth-order valence-corrected chi connectivity index (χ4v) is 3.38. The summed E-state index contributed by atoms with van der Waals surface area (Å²) in [5, 5.41) is 14.5. The van der Waals surface area contributed by atoms with Crippen LogP contribution in [0.3, 0.4) is 0 Å². The van der Waals surface area contributed by atoms with Crippen molar-refractivity contribution >= 4 is 17.2 Å². The molecule has 0 aromatic carbocycles. The highest BCUT2D eigenvalue weighted by Gasteiger charge is 2.21. The molecule has 0 amide bonds. The molecule has 4 heteroatoms. The third kappa shape index (κ3) is 2.09. The molecule has 0 aliphatic heterocycles. The molecule has 0 radical (unpaired) electrons. The Morgan fingerprint density at radius 1 is 1.44 bits per heavy atom. The summed E-state index contributed by atoms with van der Waals surface area (Å²) in [4.78, 5) is 5.76. The quantitative estimate of drug-likeness (QED) is 0.893. The molecule has 18 heavy (non-hydrogen) atoms. The number of aromatic nitrogens is 1. The molecule has 3 rings (SSSR count). The van der Waals surface area contributed by atoms with Gasteiger partial charge in [0.05, 0.1) is 17.7 Å². The van der Waals surface area contributed by atoms with Crippen molar-refractivity contribution in [3.8, 4) is 6.07 Å². The molecule has 1 atom stereocenters. The van der Waals surface area contributed by atoms with Gasteiger partial charge in [-0.1, -0.05) is 0 Å². The van der Waals surface area contributed by atoms with Gasteiger partial charge in [0, 0.05) is 11.1 Å². The Balaban J connectivity index is 1.84. The second-order valence-electron chi connectivity index (χ2n) is 4.43. The summed E-state index contributed by atoms with van der Waals surface area (Å²) in [6.45, 7) is 0. The highest BCUT2D eigenvalue weighted by molar-refractivity contribution is 7.10. The maximum Gasteiger partial charge on any atom is 0.127 e. The van der Waals surface area contributed by atoms with Gasteiger partial charge >= 0.3 is 0 Å². The summed E-state index contributed by atoms with van der Waals surface area (Å²) in [6.07, 6.45) is 5.21. The zero-order valence-corrected chi connectivity index (χ0v) is 10.7. The van der Waals surface area contributed by atoms with E-state index in [1.807, 2.05) is 11.3 Å². The van der Waals surface area contributed by atoms with Crippen molar-refractivity contribution in [3.05, 3.63) is 45.8 Å². The molecule has 0 saturated carbocycles. The Bertz CT molecular complexity index is 597. The van der Waals surface area contributed by atoms with Gasteiger partial charge in [-0.2, -0.15) is 5.26 Å². The van der Waals surface area contributed by atoms with Crippen molar-refractivity contribution in [3.63, 3.8) is 0 Å². The molecule has 2 aromatic heterocycles. The molecule has 1 aliphatic carbocycles. The molecule has 2 heterocycles. The zero-order valence-electron chi connectivity index (χ0n) is 9.89. The molecule has 0 saturated heterocycles. The van der Waals surface area contributed by atoms with Gasteiger partial charge in [-0.25, -0.2) is 4.98 Å². The Kier molecular flexibility index (Phi) is 2.99. The normalized spacial score (nSPS) is 17.8. The Hall–Kier alpha value is -1.86. The van der Waals surface area contributed by atoms with Crippen molar-refractivity contribution in [2.24, 2.45) is 0 Å². The fraction of sp³-hybridized carbons (Fsp3) is 0.286. The minimum Gasteiger partial charge on any atom is -0.363 e. The lowest BCUT2D eigenvalue weighted by Crippen LogP contribution is -2.16. The van der Waals surface area contributed by atoms with Gasteiger partial charge in [-0.3, -0.25) is 0 Å². The van der Waals surface area contributed by atoms with Crippen LogP contribution < -0.4 is 5.32 Å². The van der Waals surface area contributed by atoms with E-state index in [1.54, 1.807) is 18.3 Å². The lowest BCUT2D eigenvalue weighted by atomic mass is 9.94. The molecule has 1 N–H and O–H groups in total. The number of aryl methyl sites for hydroxylation is 1.